The van der Waals surface area contributed by atoms with Crippen molar-refractivity contribution >= 4 is 10.8 Å². The number of hydrogen-bond acceptors (Lipinski definition) is 2. The topological polar surface area (TPSA) is 30.0 Å². The van der Waals surface area contributed by atoms with Gasteiger partial charge in [-0.25, -0.2) is 0 Å². The first-order chi connectivity index (χ1) is 9.56. The molecule has 0 unspecified atom stereocenters. The Morgan fingerprint density at radius 1 is 1.10 bits per heavy atom. The smallest absolute Gasteiger partial charge is 0.0532 e. The van der Waals surface area contributed by atoms with Crippen LogP contribution in [-0.2, 0) is 17.2 Å². The highest BCUT2D eigenvalue weighted by atomic mass is 32.2. The first-order valence-electron chi connectivity index (χ1n) is 6.96. The zero-order chi connectivity index (χ0) is 14.5. The largest absolute Gasteiger partial charge is 0.261 e. The van der Waals surface area contributed by atoms with Gasteiger partial charge >= 0.3 is 0 Å². The van der Waals surface area contributed by atoms with E-state index in [4.69, 9.17) is 0 Å². The lowest BCUT2D eigenvalue weighted by Crippen LogP contribution is -2.02. The van der Waals surface area contributed by atoms with Crippen molar-refractivity contribution in [2.24, 2.45) is 0 Å². The van der Waals surface area contributed by atoms with Crippen molar-refractivity contribution < 1.29 is 4.21 Å². The molecule has 0 fully saturated rings. The zero-order valence-corrected chi connectivity index (χ0v) is 13.1. The molecular weight excluding hydrogens is 266 g/mol. The molecule has 0 aliphatic heterocycles. The van der Waals surface area contributed by atoms with E-state index in [1.54, 1.807) is 0 Å². The predicted octanol–water partition coefficient (Wildman–Crippen LogP) is 3.86. The van der Waals surface area contributed by atoms with E-state index in [2.05, 4.69) is 37.0 Å². The highest BCUT2D eigenvalue weighted by Gasteiger charge is 2.06. The predicted molar refractivity (Wildman–Crippen MR) is 84.5 cm³/mol. The monoisotopic (exact) mass is 287 g/mol. The summed E-state index contributed by atoms with van der Waals surface area (Å²) in [5.41, 5.74) is 3.44. The highest BCUT2D eigenvalue weighted by molar-refractivity contribution is 7.85. The standard InChI is InChI=1S/C17H21NOS/c1-13(2)16-6-8-17(9-7-16)20(19)11-10-15-5-4-14(3)18-12-15/h4-9,12-13H,10-11H2,1-3H3/t20-/m1/s1. The average Bonchev–Trinajstić information content (AvgIpc) is 2.46. The van der Waals surface area contributed by atoms with Crippen molar-refractivity contribution in [3.8, 4) is 0 Å². The van der Waals surface area contributed by atoms with Crippen molar-refractivity contribution in [2.45, 2.75) is 38.0 Å². The molecule has 2 rings (SSSR count). The van der Waals surface area contributed by atoms with E-state index in [9.17, 15) is 4.21 Å². The molecule has 0 aliphatic carbocycles. The Labute approximate surface area is 123 Å². The van der Waals surface area contributed by atoms with Gasteiger partial charge in [0.1, 0.15) is 0 Å². The highest BCUT2D eigenvalue weighted by Crippen LogP contribution is 2.17. The van der Waals surface area contributed by atoms with Crippen LogP contribution in [0, 0.1) is 6.92 Å². The maximum Gasteiger partial charge on any atom is 0.0532 e. The summed E-state index contributed by atoms with van der Waals surface area (Å²) in [6, 6.07) is 12.2. The maximum atomic E-state index is 12.3. The summed E-state index contributed by atoms with van der Waals surface area (Å²) in [5, 5.41) is 0. The molecular formula is C17H21NOS. The molecule has 0 aliphatic rings. The molecule has 0 saturated carbocycles. The molecule has 2 aromatic rings. The SMILES string of the molecule is Cc1ccc(CC[S@@](=O)c2ccc(C(C)C)cc2)cn1. The van der Waals surface area contributed by atoms with E-state index in [0.717, 1.165) is 22.6 Å². The van der Waals surface area contributed by atoms with Gasteiger partial charge in [-0.3, -0.25) is 9.19 Å². The Bertz CT molecular complexity index is 573. The zero-order valence-electron chi connectivity index (χ0n) is 12.3. The minimum atomic E-state index is -0.939. The second-order valence-corrected chi connectivity index (χ2v) is 6.90. The third-order valence-electron chi connectivity index (χ3n) is 3.36. The molecule has 3 heteroatoms. The maximum absolute atomic E-state index is 12.3. The summed E-state index contributed by atoms with van der Waals surface area (Å²) in [6.07, 6.45) is 2.67. The molecule has 0 radical (unpaired) electrons. The number of rotatable bonds is 5. The van der Waals surface area contributed by atoms with Gasteiger partial charge in [0.2, 0.25) is 0 Å². The first-order valence-corrected chi connectivity index (χ1v) is 8.28. The first kappa shape index (κ1) is 14.9. The van der Waals surface area contributed by atoms with Crippen LogP contribution in [0.2, 0.25) is 0 Å². The van der Waals surface area contributed by atoms with E-state index in [0.29, 0.717) is 11.7 Å². The third kappa shape index (κ3) is 4.01. The van der Waals surface area contributed by atoms with Crippen LogP contribution in [0.15, 0.2) is 47.5 Å². The molecule has 0 N–H and O–H groups in total. The number of nitrogens with zero attached hydrogens (tertiary/aromatic N) is 1. The fraction of sp³-hybridized carbons (Fsp3) is 0.353. The molecule has 20 heavy (non-hydrogen) atoms. The van der Waals surface area contributed by atoms with Crippen LogP contribution in [-0.4, -0.2) is 14.9 Å². The molecule has 0 spiro atoms. The van der Waals surface area contributed by atoms with Gasteiger partial charge in [0.25, 0.3) is 0 Å². The number of benzene rings is 1. The minimum absolute atomic E-state index is 0.510. The third-order valence-corrected chi connectivity index (χ3v) is 4.73. The Balaban J connectivity index is 1.96. The van der Waals surface area contributed by atoms with Crippen LogP contribution >= 0.6 is 0 Å². The summed E-state index contributed by atoms with van der Waals surface area (Å²) in [7, 11) is -0.939. The summed E-state index contributed by atoms with van der Waals surface area (Å²) < 4.78 is 12.3. The van der Waals surface area contributed by atoms with Crippen molar-refractivity contribution in [3.63, 3.8) is 0 Å². The van der Waals surface area contributed by atoms with Gasteiger partial charge in [0, 0.05) is 22.5 Å². The van der Waals surface area contributed by atoms with Crippen LogP contribution in [0.1, 0.15) is 36.6 Å². The molecule has 1 aromatic carbocycles. The van der Waals surface area contributed by atoms with E-state index < -0.39 is 10.8 Å². The normalized spacial score (nSPS) is 12.6. The minimum Gasteiger partial charge on any atom is -0.261 e. The van der Waals surface area contributed by atoms with Crippen LogP contribution in [0.4, 0.5) is 0 Å². The summed E-state index contributed by atoms with van der Waals surface area (Å²) in [4.78, 5) is 5.17. The second-order valence-electron chi connectivity index (χ2n) is 5.33. The molecule has 1 aromatic heterocycles. The van der Waals surface area contributed by atoms with Gasteiger partial charge in [0.15, 0.2) is 0 Å². The fourth-order valence-corrected chi connectivity index (χ4v) is 3.08. The quantitative estimate of drug-likeness (QED) is 0.835. The van der Waals surface area contributed by atoms with Gasteiger partial charge in [-0.2, -0.15) is 0 Å². The summed E-state index contributed by atoms with van der Waals surface area (Å²) >= 11 is 0. The van der Waals surface area contributed by atoms with Gasteiger partial charge in [-0.1, -0.05) is 32.0 Å². The summed E-state index contributed by atoms with van der Waals surface area (Å²) in [5.74, 6) is 1.15. The second kappa shape index (κ2) is 6.80. The van der Waals surface area contributed by atoms with Crippen LogP contribution < -0.4 is 0 Å². The lowest BCUT2D eigenvalue weighted by molar-refractivity contribution is 0.682. The van der Waals surface area contributed by atoms with Crippen molar-refractivity contribution in [2.75, 3.05) is 5.75 Å². The van der Waals surface area contributed by atoms with E-state index in [-0.39, 0.29) is 0 Å². The Kier molecular flexibility index (Phi) is 5.07. The van der Waals surface area contributed by atoms with Crippen LogP contribution in [0.25, 0.3) is 0 Å². The van der Waals surface area contributed by atoms with Crippen molar-refractivity contribution in [3.05, 3.63) is 59.4 Å². The number of pyridine rings is 1. The van der Waals surface area contributed by atoms with E-state index >= 15 is 0 Å². The molecule has 1 heterocycles. The number of aryl methyl sites for hydroxylation is 2. The Hall–Kier alpha value is -1.48. The Morgan fingerprint density at radius 2 is 1.80 bits per heavy atom. The van der Waals surface area contributed by atoms with Crippen molar-refractivity contribution in [1.82, 2.24) is 4.98 Å². The number of hydrogen-bond donors (Lipinski definition) is 0. The van der Waals surface area contributed by atoms with E-state index in [1.807, 2.05) is 31.3 Å². The van der Waals surface area contributed by atoms with Gasteiger partial charge < -0.3 is 0 Å². The van der Waals surface area contributed by atoms with E-state index in [1.165, 1.54) is 5.56 Å². The van der Waals surface area contributed by atoms with Gasteiger partial charge in [-0.05, 0) is 48.6 Å². The van der Waals surface area contributed by atoms with Gasteiger partial charge in [-0.15, -0.1) is 0 Å². The summed E-state index contributed by atoms with van der Waals surface area (Å²) in [6.45, 7) is 6.30. The fourth-order valence-electron chi connectivity index (χ4n) is 1.98. The van der Waals surface area contributed by atoms with Crippen LogP contribution in [0.5, 0.6) is 0 Å². The molecule has 2 nitrogen and oxygen atoms in total. The molecule has 0 bridgehead atoms. The molecule has 0 saturated heterocycles. The molecule has 0 amide bonds. The molecule has 1 atom stereocenters. The average molecular weight is 287 g/mol. The Morgan fingerprint density at radius 3 is 2.35 bits per heavy atom. The lowest BCUT2D eigenvalue weighted by atomic mass is 10.0. The van der Waals surface area contributed by atoms with Gasteiger partial charge in [0.05, 0.1) is 10.8 Å². The molecule has 106 valence electrons. The lowest BCUT2D eigenvalue weighted by Gasteiger charge is -2.07. The number of aromatic nitrogens is 1. The van der Waals surface area contributed by atoms with Crippen LogP contribution in [0.3, 0.4) is 0 Å². The van der Waals surface area contributed by atoms with Crippen molar-refractivity contribution in [1.29, 1.82) is 0 Å².